The lowest BCUT2D eigenvalue weighted by atomic mass is 10.2. The van der Waals surface area contributed by atoms with Crippen molar-refractivity contribution in [1.82, 2.24) is 10.2 Å². The monoisotopic (exact) mass is 203 g/mol. The molecule has 0 saturated heterocycles. The molecule has 3 nitrogen and oxygen atoms in total. The quantitative estimate of drug-likeness (QED) is 0.773. The van der Waals surface area contributed by atoms with Gasteiger partial charge in [-0.3, -0.25) is 5.10 Å². The van der Waals surface area contributed by atoms with E-state index < -0.39 is 0 Å². The number of aromatic amines is 1. The minimum absolute atomic E-state index is 0.734. The van der Waals surface area contributed by atoms with Crippen molar-refractivity contribution in [3.05, 3.63) is 16.4 Å². The average Bonchev–Trinajstić information content (AvgIpc) is 2.31. The highest BCUT2D eigenvalue weighted by Gasteiger charge is 1.98. The Morgan fingerprint density at radius 3 is 3.00 bits per heavy atom. The van der Waals surface area contributed by atoms with Crippen LogP contribution in [0, 0.1) is 0 Å². The maximum atomic E-state index is 5.35. The summed E-state index contributed by atoms with van der Waals surface area (Å²) in [7, 11) is 0. The van der Waals surface area contributed by atoms with Crippen molar-refractivity contribution in [3.63, 3.8) is 0 Å². The largest absolute Gasteiger partial charge is 0.330 e. The Kier molecular flexibility index (Phi) is 2.89. The number of H-pyrrole nitrogens is 1. The van der Waals surface area contributed by atoms with Crippen molar-refractivity contribution in [2.75, 3.05) is 6.54 Å². The first-order valence-corrected chi connectivity index (χ1v) is 4.01. The topological polar surface area (TPSA) is 54.7 Å². The minimum Gasteiger partial charge on any atom is -0.330 e. The van der Waals surface area contributed by atoms with Gasteiger partial charge in [0.05, 0.1) is 6.20 Å². The molecule has 0 unspecified atom stereocenters. The first-order valence-electron chi connectivity index (χ1n) is 3.22. The summed E-state index contributed by atoms with van der Waals surface area (Å²) in [5, 5.41) is 6.67. The molecule has 0 aliphatic heterocycles. The van der Waals surface area contributed by atoms with Gasteiger partial charge in [0.15, 0.2) is 0 Å². The van der Waals surface area contributed by atoms with E-state index in [1.165, 1.54) is 5.56 Å². The van der Waals surface area contributed by atoms with Crippen LogP contribution in [-0.2, 0) is 6.42 Å². The van der Waals surface area contributed by atoms with Gasteiger partial charge in [-0.25, -0.2) is 0 Å². The average molecular weight is 204 g/mol. The lowest BCUT2D eigenvalue weighted by Gasteiger charge is -1.93. The van der Waals surface area contributed by atoms with Gasteiger partial charge in [0, 0.05) is 5.56 Å². The third kappa shape index (κ3) is 1.82. The standard InChI is InChI=1S/C6H10BrN3/c7-6-5(2-1-3-8)4-9-10-6/h4H,1-3,8H2,(H,9,10). The summed E-state index contributed by atoms with van der Waals surface area (Å²) in [6.07, 6.45) is 3.82. The Bertz CT molecular complexity index is 197. The number of halogens is 1. The molecule has 0 spiro atoms. The molecule has 0 atom stereocenters. The number of nitrogens with two attached hydrogens (primary N) is 1. The molecule has 1 aromatic rings. The molecular formula is C6H10BrN3. The van der Waals surface area contributed by atoms with E-state index in [0.717, 1.165) is 24.0 Å². The molecule has 4 heteroatoms. The second-order valence-electron chi connectivity index (χ2n) is 2.10. The van der Waals surface area contributed by atoms with Crippen molar-refractivity contribution < 1.29 is 0 Å². The zero-order valence-electron chi connectivity index (χ0n) is 5.60. The summed E-state index contributed by atoms with van der Waals surface area (Å²) in [6, 6.07) is 0. The van der Waals surface area contributed by atoms with Crippen LogP contribution in [0.5, 0.6) is 0 Å². The van der Waals surface area contributed by atoms with Crippen LogP contribution >= 0.6 is 15.9 Å². The second kappa shape index (κ2) is 3.73. The van der Waals surface area contributed by atoms with E-state index in [0.29, 0.717) is 0 Å². The van der Waals surface area contributed by atoms with E-state index in [-0.39, 0.29) is 0 Å². The number of aromatic nitrogens is 2. The van der Waals surface area contributed by atoms with Crippen LogP contribution in [0.15, 0.2) is 10.8 Å². The number of nitrogens with one attached hydrogen (secondary N) is 1. The van der Waals surface area contributed by atoms with Crippen LogP contribution in [0.4, 0.5) is 0 Å². The molecule has 1 aromatic heterocycles. The SMILES string of the molecule is NCCCc1cn[nH]c1Br. The maximum absolute atomic E-state index is 5.35. The molecule has 3 N–H and O–H groups in total. The van der Waals surface area contributed by atoms with Crippen molar-refractivity contribution in [2.24, 2.45) is 5.73 Å². The van der Waals surface area contributed by atoms with Gasteiger partial charge >= 0.3 is 0 Å². The van der Waals surface area contributed by atoms with Gasteiger partial charge in [-0.15, -0.1) is 0 Å². The van der Waals surface area contributed by atoms with Gasteiger partial charge in [-0.1, -0.05) is 0 Å². The van der Waals surface area contributed by atoms with Gasteiger partial charge in [0.2, 0.25) is 0 Å². The third-order valence-electron chi connectivity index (χ3n) is 1.32. The maximum Gasteiger partial charge on any atom is 0.104 e. The molecule has 10 heavy (non-hydrogen) atoms. The van der Waals surface area contributed by atoms with E-state index in [9.17, 15) is 0 Å². The smallest absolute Gasteiger partial charge is 0.104 e. The van der Waals surface area contributed by atoms with Gasteiger partial charge < -0.3 is 5.73 Å². The van der Waals surface area contributed by atoms with Crippen molar-refractivity contribution in [1.29, 1.82) is 0 Å². The Morgan fingerprint density at radius 2 is 2.50 bits per heavy atom. The highest BCUT2D eigenvalue weighted by atomic mass is 79.9. The summed E-state index contributed by atoms with van der Waals surface area (Å²) >= 11 is 3.34. The third-order valence-corrected chi connectivity index (χ3v) is 2.00. The predicted molar refractivity (Wildman–Crippen MR) is 43.7 cm³/mol. The molecule has 0 bridgehead atoms. The number of nitrogens with zero attached hydrogens (tertiary/aromatic N) is 1. The fraction of sp³-hybridized carbons (Fsp3) is 0.500. The molecule has 0 aliphatic rings. The first-order chi connectivity index (χ1) is 4.84. The number of hydrogen-bond donors (Lipinski definition) is 2. The minimum atomic E-state index is 0.734. The highest BCUT2D eigenvalue weighted by Crippen LogP contribution is 2.12. The number of aryl methyl sites for hydroxylation is 1. The Hall–Kier alpha value is -0.350. The fourth-order valence-electron chi connectivity index (χ4n) is 0.762. The second-order valence-corrected chi connectivity index (χ2v) is 2.89. The van der Waals surface area contributed by atoms with Crippen LogP contribution in [0.1, 0.15) is 12.0 Å². The molecule has 0 saturated carbocycles. The van der Waals surface area contributed by atoms with Crippen LogP contribution in [0.2, 0.25) is 0 Å². The summed E-state index contributed by atoms with van der Waals surface area (Å²) in [5.74, 6) is 0. The normalized spacial score (nSPS) is 10.2. The summed E-state index contributed by atoms with van der Waals surface area (Å²) in [5.41, 5.74) is 6.55. The Balaban J connectivity index is 2.49. The molecule has 0 fully saturated rings. The van der Waals surface area contributed by atoms with E-state index in [1.807, 2.05) is 6.20 Å². The van der Waals surface area contributed by atoms with E-state index in [2.05, 4.69) is 26.1 Å². The molecule has 56 valence electrons. The van der Waals surface area contributed by atoms with Gasteiger partial charge in [-0.2, -0.15) is 5.10 Å². The van der Waals surface area contributed by atoms with Crippen molar-refractivity contribution in [3.8, 4) is 0 Å². The van der Waals surface area contributed by atoms with E-state index in [4.69, 9.17) is 5.73 Å². The van der Waals surface area contributed by atoms with E-state index >= 15 is 0 Å². The first kappa shape index (κ1) is 7.75. The molecule has 1 rings (SSSR count). The fourth-order valence-corrected chi connectivity index (χ4v) is 1.17. The van der Waals surface area contributed by atoms with Crippen LogP contribution in [0.3, 0.4) is 0 Å². The van der Waals surface area contributed by atoms with Gasteiger partial charge in [0.1, 0.15) is 4.60 Å². The van der Waals surface area contributed by atoms with Crippen molar-refractivity contribution >= 4 is 15.9 Å². The molecular weight excluding hydrogens is 194 g/mol. The Labute approximate surface area is 68.1 Å². The molecule has 0 amide bonds. The summed E-state index contributed by atoms with van der Waals surface area (Å²) < 4.78 is 0.973. The van der Waals surface area contributed by atoms with Crippen LogP contribution < -0.4 is 5.73 Å². The van der Waals surface area contributed by atoms with Crippen LogP contribution in [-0.4, -0.2) is 16.7 Å². The molecule has 0 aliphatic carbocycles. The highest BCUT2D eigenvalue weighted by molar-refractivity contribution is 9.10. The van der Waals surface area contributed by atoms with Crippen molar-refractivity contribution in [2.45, 2.75) is 12.8 Å². The molecule has 1 heterocycles. The molecule has 0 radical (unpaired) electrons. The lowest BCUT2D eigenvalue weighted by molar-refractivity contribution is 0.830. The summed E-state index contributed by atoms with van der Waals surface area (Å²) in [6.45, 7) is 0.734. The van der Waals surface area contributed by atoms with Gasteiger partial charge in [0.25, 0.3) is 0 Å². The van der Waals surface area contributed by atoms with Gasteiger partial charge in [-0.05, 0) is 35.3 Å². The Morgan fingerprint density at radius 1 is 1.70 bits per heavy atom. The lowest BCUT2D eigenvalue weighted by Crippen LogP contribution is -1.99. The number of hydrogen-bond acceptors (Lipinski definition) is 2. The molecule has 0 aromatic carbocycles. The van der Waals surface area contributed by atoms with Crippen LogP contribution in [0.25, 0.3) is 0 Å². The summed E-state index contributed by atoms with van der Waals surface area (Å²) in [4.78, 5) is 0. The predicted octanol–water partition coefficient (Wildman–Crippen LogP) is 1.06. The number of rotatable bonds is 3. The zero-order valence-corrected chi connectivity index (χ0v) is 7.19. The van der Waals surface area contributed by atoms with E-state index in [1.54, 1.807) is 0 Å². The zero-order chi connectivity index (χ0) is 7.40.